The topological polar surface area (TPSA) is 3.24 Å². The molecule has 2 rings (SSSR count). The summed E-state index contributed by atoms with van der Waals surface area (Å²) < 4.78 is 0. The monoisotopic (exact) mass is 295 g/mol. The fourth-order valence-corrected chi connectivity index (χ4v) is 3.09. The molecule has 1 aliphatic heterocycles. The summed E-state index contributed by atoms with van der Waals surface area (Å²) in [6, 6.07) is 10.5. The SMILES string of the molecule is C=C(C1=C(\C)CCCCN(CCC)C/C=C\1)c1ccccc1. The molecule has 0 N–H and O–H groups in total. The van der Waals surface area contributed by atoms with Crippen LogP contribution in [0, 0.1) is 0 Å². The molecule has 0 fully saturated rings. The van der Waals surface area contributed by atoms with Crippen LogP contribution in [-0.2, 0) is 0 Å². The maximum Gasteiger partial charge on any atom is 0.0166 e. The molecule has 0 amide bonds. The van der Waals surface area contributed by atoms with Crippen LogP contribution in [-0.4, -0.2) is 24.5 Å². The van der Waals surface area contributed by atoms with Gasteiger partial charge < -0.3 is 0 Å². The fraction of sp³-hybridized carbons (Fsp3) is 0.429. The number of hydrogen-bond acceptors (Lipinski definition) is 1. The number of rotatable bonds is 4. The Balaban J connectivity index is 2.21. The van der Waals surface area contributed by atoms with Crippen molar-refractivity contribution in [2.45, 2.75) is 39.5 Å². The van der Waals surface area contributed by atoms with Crippen molar-refractivity contribution in [1.29, 1.82) is 0 Å². The predicted molar refractivity (Wildman–Crippen MR) is 97.9 cm³/mol. The molecule has 1 heterocycles. The highest BCUT2D eigenvalue weighted by Gasteiger charge is 2.09. The summed E-state index contributed by atoms with van der Waals surface area (Å²) in [6.07, 6.45) is 9.56. The van der Waals surface area contributed by atoms with E-state index in [1.165, 1.54) is 55.5 Å². The Morgan fingerprint density at radius 1 is 1.18 bits per heavy atom. The molecular weight excluding hydrogens is 266 g/mol. The smallest absolute Gasteiger partial charge is 0.0166 e. The van der Waals surface area contributed by atoms with E-state index in [0.717, 1.165) is 12.1 Å². The van der Waals surface area contributed by atoms with Crippen LogP contribution in [0.25, 0.3) is 5.57 Å². The Hall–Kier alpha value is -1.60. The minimum atomic E-state index is 1.05. The summed E-state index contributed by atoms with van der Waals surface area (Å²) in [5, 5.41) is 0. The molecule has 1 aromatic carbocycles. The molecule has 0 radical (unpaired) electrons. The predicted octanol–water partition coefficient (Wildman–Crippen LogP) is 5.47. The first kappa shape index (κ1) is 16.8. The Labute approximate surface area is 136 Å². The lowest BCUT2D eigenvalue weighted by molar-refractivity contribution is 0.296. The molecule has 0 aliphatic carbocycles. The lowest BCUT2D eigenvalue weighted by atomic mass is 9.92. The number of hydrogen-bond donors (Lipinski definition) is 0. The van der Waals surface area contributed by atoms with Gasteiger partial charge >= 0.3 is 0 Å². The second-order valence-electron chi connectivity index (χ2n) is 6.20. The van der Waals surface area contributed by atoms with Gasteiger partial charge in [0.05, 0.1) is 0 Å². The van der Waals surface area contributed by atoms with E-state index in [0.29, 0.717) is 0 Å². The summed E-state index contributed by atoms with van der Waals surface area (Å²) in [4.78, 5) is 2.56. The molecule has 22 heavy (non-hydrogen) atoms. The molecule has 1 aliphatic rings. The van der Waals surface area contributed by atoms with Crippen LogP contribution in [0.5, 0.6) is 0 Å². The van der Waals surface area contributed by atoms with Gasteiger partial charge in [-0.3, -0.25) is 4.90 Å². The molecule has 0 unspecified atom stereocenters. The zero-order valence-electron chi connectivity index (χ0n) is 14.1. The summed E-state index contributed by atoms with van der Waals surface area (Å²) >= 11 is 0. The highest BCUT2D eigenvalue weighted by Crippen LogP contribution is 2.27. The number of benzene rings is 1. The second kappa shape index (κ2) is 8.75. The third-order valence-electron chi connectivity index (χ3n) is 4.37. The average molecular weight is 295 g/mol. The van der Waals surface area contributed by atoms with Gasteiger partial charge in [0.1, 0.15) is 0 Å². The molecule has 1 heteroatoms. The van der Waals surface area contributed by atoms with E-state index in [4.69, 9.17) is 0 Å². The normalized spacial score (nSPS) is 22.3. The van der Waals surface area contributed by atoms with E-state index in [1.54, 1.807) is 0 Å². The van der Waals surface area contributed by atoms with Crippen LogP contribution in [0.1, 0.15) is 45.1 Å². The van der Waals surface area contributed by atoms with E-state index in [1.807, 2.05) is 0 Å². The number of allylic oxidation sites excluding steroid dienone is 4. The van der Waals surface area contributed by atoms with E-state index in [9.17, 15) is 0 Å². The lowest BCUT2D eigenvalue weighted by Crippen LogP contribution is -2.26. The Morgan fingerprint density at radius 2 is 1.95 bits per heavy atom. The third kappa shape index (κ3) is 4.71. The van der Waals surface area contributed by atoms with Crippen LogP contribution in [0.2, 0.25) is 0 Å². The molecule has 0 atom stereocenters. The van der Waals surface area contributed by atoms with Crippen molar-refractivity contribution in [2.75, 3.05) is 19.6 Å². The van der Waals surface area contributed by atoms with Gasteiger partial charge in [0.15, 0.2) is 0 Å². The summed E-state index contributed by atoms with van der Waals surface area (Å²) in [6.45, 7) is 12.3. The third-order valence-corrected chi connectivity index (χ3v) is 4.37. The molecule has 0 spiro atoms. The van der Waals surface area contributed by atoms with E-state index in [2.05, 4.69) is 67.8 Å². The van der Waals surface area contributed by atoms with Crippen molar-refractivity contribution < 1.29 is 0 Å². The lowest BCUT2D eigenvalue weighted by Gasteiger charge is -2.21. The van der Waals surface area contributed by atoms with Crippen molar-refractivity contribution in [1.82, 2.24) is 4.90 Å². The number of nitrogens with zero attached hydrogens (tertiary/aromatic N) is 1. The highest BCUT2D eigenvalue weighted by molar-refractivity contribution is 5.80. The van der Waals surface area contributed by atoms with Crippen LogP contribution in [0.15, 0.2) is 60.2 Å². The maximum absolute atomic E-state index is 4.36. The quantitative estimate of drug-likeness (QED) is 0.712. The van der Waals surface area contributed by atoms with Crippen molar-refractivity contribution in [2.24, 2.45) is 0 Å². The zero-order chi connectivity index (χ0) is 15.8. The standard InChI is InChI=1S/C21H29N/c1-4-15-22-16-9-8-11-18(2)21(14-10-17-22)19(3)20-12-6-5-7-13-20/h5-7,10,12-14H,3-4,8-9,11,15-17H2,1-2H3/b14-10-,21-18+. The Bertz CT molecular complexity index is 536. The maximum atomic E-state index is 4.36. The molecule has 1 aromatic rings. The highest BCUT2D eigenvalue weighted by atomic mass is 15.1. The summed E-state index contributed by atoms with van der Waals surface area (Å²) in [5.41, 5.74) is 5.17. The van der Waals surface area contributed by atoms with Gasteiger partial charge in [-0.2, -0.15) is 0 Å². The molecule has 1 nitrogen and oxygen atoms in total. The first-order valence-electron chi connectivity index (χ1n) is 8.55. The van der Waals surface area contributed by atoms with Gasteiger partial charge in [0.25, 0.3) is 0 Å². The van der Waals surface area contributed by atoms with Gasteiger partial charge in [-0.1, -0.05) is 61.6 Å². The van der Waals surface area contributed by atoms with Gasteiger partial charge in [-0.15, -0.1) is 0 Å². The second-order valence-corrected chi connectivity index (χ2v) is 6.20. The van der Waals surface area contributed by atoms with E-state index in [-0.39, 0.29) is 0 Å². The van der Waals surface area contributed by atoms with Gasteiger partial charge in [0, 0.05) is 6.54 Å². The average Bonchev–Trinajstić information content (AvgIpc) is 2.55. The van der Waals surface area contributed by atoms with Gasteiger partial charge in [-0.25, -0.2) is 0 Å². The van der Waals surface area contributed by atoms with E-state index >= 15 is 0 Å². The van der Waals surface area contributed by atoms with Gasteiger partial charge in [0.2, 0.25) is 0 Å². The fourth-order valence-electron chi connectivity index (χ4n) is 3.09. The van der Waals surface area contributed by atoms with Crippen LogP contribution >= 0.6 is 0 Å². The molecule has 0 aromatic heterocycles. The minimum absolute atomic E-state index is 1.05. The molecule has 0 saturated carbocycles. The van der Waals surface area contributed by atoms with Crippen molar-refractivity contribution in [3.63, 3.8) is 0 Å². The Kier molecular flexibility index (Phi) is 6.67. The Morgan fingerprint density at radius 3 is 2.68 bits per heavy atom. The molecule has 0 bridgehead atoms. The molecule has 0 saturated heterocycles. The molecular formula is C21H29N. The van der Waals surface area contributed by atoms with Crippen molar-refractivity contribution >= 4 is 5.57 Å². The largest absolute Gasteiger partial charge is 0.300 e. The first-order chi connectivity index (χ1) is 10.7. The summed E-state index contributed by atoms with van der Waals surface area (Å²) in [5.74, 6) is 0. The van der Waals surface area contributed by atoms with Gasteiger partial charge in [-0.05, 0) is 62.4 Å². The van der Waals surface area contributed by atoms with Crippen molar-refractivity contribution in [3.8, 4) is 0 Å². The van der Waals surface area contributed by atoms with Crippen LogP contribution < -0.4 is 0 Å². The summed E-state index contributed by atoms with van der Waals surface area (Å²) in [7, 11) is 0. The van der Waals surface area contributed by atoms with Crippen LogP contribution in [0.3, 0.4) is 0 Å². The first-order valence-corrected chi connectivity index (χ1v) is 8.55. The zero-order valence-corrected chi connectivity index (χ0v) is 14.1. The van der Waals surface area contributed by atoms with Crippen LogP contribution in [0.4, 0.5) is 0 Å². The molecule has 118 valence electrons. The van der Waals surface area contributed by atoms with Crippen molar-refractivity contribution in [3.05, 3.63) is 65.8 Å². The van der Waals surface area contributed by atoms with E-state index < -0.39 is 0 Å². The minimum Gasteiger partial charge on any atom is -0.300 e.